The van der Waals surface area contributed by atoms with Gasteiger partial charge in [-0.15, -0.1) is 12.4 Å². The van der Waals surface area contributed by atoms with Crippen molar-refractivity contribution in [1.29, 1.82) is 0 Å². The summed E-state index contributed by atoms with van der Waals surface area (Å²) >= 11 is 0. The number of oxime groups is 1. The van der Waals surface area contributed by atoms with Crippen LogP contribution in [-0.4, -0.2) is 37.6 Å². The van der Waals surface area contributed by atoms with E-state index in [1.807, 2.05) is 7.05 Å². The minimum absolute atomic E-state index is 0. The molecule has 0 aromatic heterocycles. The van der Waals surface area contributed by atoms with Gasteiger partial charge in [0.1, 0.15) is 12.4 Å². The molecule has 7 heteroatoms. The molecular weight excluding hydrogens is 414 g/mol. The highest BCUT2D eigenvalue weighted by Gasteiger charge is 2.62. The molecule has 0 spiro atoms. The Labute approximate surface area is 192 Å². The van der Waals surface area contributed by atoms with Crippen molar-refractivity contribution in [3.63, 3.8) is 0 Å². The number of Topliss-reactive ketones (excluding diaryl/α,β-unsaturated/α-hetero) is 1. The topological polar surface area (TPSA) is 93.8 Å². The molecule has 1 amide bonds. The highest BCUT2D eigenvalue weighted by molar-refractivity contribution is 5.88. The predicted molar refractivity (Wildman–Crippen MR) is 124 cm³/mol. The molecule has 176 valence electrons. The second kappa shape index (κ2) is 9.38. The van der Waals surface area contributed by atoms with Gasteiger partial charge in [0.05, 0.1) is 5.71 Å². The summed E-state index contributed by atoms with van der Waals surface area (Å²) in [7, 11) is 1.93. The van der Waals surface area contributed by atoms with Crippen molar-refractivity contribution in [3.8, 4) is 0 Å². The number of rotatable bonds is 6. The third-order valence-electron chi connectivity index (χ3n) is 9.48. The number of halogens is 1. The first-order chi connectivity index (χ1) is 14.3. The summed E-state index contributed by atoms with van der Waals surface area (Å²) in [6, 6.07) is 0. The Morgan fingerprint density at radius 1 is 1.19 bits per heavy atom. The van der Waals surface area contributed by atoms with Gasteiger partial charge in [-0.2, -0.15) is 0 Å². The van der Waals surface area contributed by atoms with Crippen molar-refractivity contribution >= 4 is 29.8 Å². The second-order valence-electron chi connectivity index (χ2n) is 10.8. The van der Waals surface area contributed by atoms with Gasteiger partial charge < -0.3 is 15.9 Å². The smallest absolute Gasteiger partial charge is 0.220 e. The Morgan fingerprint density at radius 2 is 1.97 bits per heavy atom. The zero-order valence-electron chi connectivity index (χ0n) is 19.3. The highest BCUT2D eigenvalue weighted by Crippen LogP contribution is 2.66. The lowest BCUT2D eigenvalue weighted by Gasteiger charge is -2.61. The van der Waals surface area contributed by atoms with Crippen molar-refractivity contribution in [3.05, 3.63) is 0 Å². The fraction of sp³-hybridized carbons (Fsp3) is 0.875. The van der Waals surface area contributed by atoms with E-state index >= 15 is 0 Å². The molecule has 0 aromatic rings. The lowest BCUT2D eigenvalue weighted by atomic mass is 9.43. The zero-order valence-corrected chi connectivity index (χ0v) is 20.1. The van der Waals surface area contributed by atoms with E-state index in [1.54, 1.807) is 0 Å². The van der Waals surface area contributed by atoms with E-state index in [2.05, 4.69) is 24.3 Å². The fourth-order valence-electron chi connectivity index (χ4n) is 7.76. The Kier molecular flexibility index (Phi) is 7.42. The molecule has 0 bridgehead atoms. The molecule has 0 saturated heterocycles. The molecule has 31 heavy (non-hydrogen) atoms. The average Bonchev–Trinajstić information content (AvgIpc) is 3.02. The summed E-state index contributed by atoms with van der Waals surface area (Å²) < 4.78 is 0. The van der Waals surface area contributed by atoms with Gasteiger partial charge in [0, 0.05) is 17.8 Å². The molecule has 7 atom stereocenters. The first-order valence-electron chi connectivity index (χ1n) is 12.0. The van der Waals surface area contributed by atoms with Gasteiger partial charge in [0.25, 0.3) is 0 Å². The van der Waals surface area contributed by atoms with Crippen molar-refractivity contribution in [2.75, 3.05) is 20.2 Å². The second-order valence-corrected chi connectivity index (χ2v) is 10.8. The molecule has 0 aromatic carbocycles. The van der Waals surface area contributed by atoms with E-state index in [-0.39, 0.29) is 41.0 Å². The Morgan fingerprint density at radius 3 is 2.68 bits per heavy atom. The summed E-state index contributed by atoms with van der Waals surface area (Å²) in [6.45, 7) is 6.12. The first kappa shape index (κ1) is 24.5. The summed E-state index contributed by atoms with van der Waals surface area (Å²) in [4.78, 5) is 30.8. The van der Waals surface area contributed by atoms with Crippen LogP contribution in [0.4, 0.5) is 0 Å². The van der Waals surface area contributed by atoms with E-state index in [1.165, 1.54) is 0 Å². The minimum atomic E-state index is -0.172. The van der Waals surface area contributed by atoms with Crippen LogP contribution in [0, 0.1) is 40.4 Å². The summed E-state index contributed by atoms with van der Waals surface area (Å²) in [5, 5.41) is 7.55. The molecule has 4 rings (SSSR count). The third kappa shape index (κ3) is 4.15. The van der Waals surface area contributed by atoms with Crippen LogP contribution >= 0.6 is 12.4 Å². The number of carbonyl (C=O) groups is 2. The maximum Gasteiger partial charge on any atom is 0.220 e. The van der Waals surface area contributed by atoms with E-state index < -0.39 is 0 Å². The largest absolute Gasteiger partial charge is 0.396 e. The van der Waals surface area contributed by atoms with Gasteiger partial charge >= 0.3 is 0 Å². The fourth-order valence-corrected chi connectivity index (χ4v) is 7.76. The molecule has 0 radical (unpaired) electrons. The SMILES string of the molecule is CNCCCON=C1CC[C@@]2(C)C(C1)[C@@H](C(N)=O)C[C@@H]1[C@@H]2CC[C@]2(C)C(=O)CC[C@@H]12.Cl. The molecule has 4 fully saturated rings. The monoisotopic (exact) mass is 453 g/mol. The number of nitrogens with two attached hydrogens (primary N) is 1. The average molecular weight is 454 g/mol. The molecule has 0 heterocycles. The number of hydrogen-bond donors (Lipinski definition) is 2. The van der Waals surface area contributed by atoms with Crippen LogP contribution in [0.2, 0.25) is 0 Å². The molecule has 0 aliphatic heterocycles. The van der Waals surface area contributed by atoms with Gasteiger partial charge in [0.2, 0.25) is 5.91 Å². The van der Waals surface area contributed by atoms with Gasteiger partial charge in [0.15, 0.2) is 0 Å². The van der Waals surface area contributed by atoms with Crippen LogP contribution < -0.4 is 11.1 Å². The Hall–Kier alpha value is -1.14. The zero-order chi connectivity index (χ0) is 21.5. The van der Waals surface area contributed by atoms with Crippen molar-refractivity contribution in [2.24, 2.45) is 51.3 Å². The molecule has 3 N–H and O–H groups in total. The lowest BCUT2D eigenvalue weighted by Crippen LogP contribution is -2.58. The number of hydrogen-bond acceptors (Lipinski definition) is 5. The molecule has 6 nitrogen and oxygen atoms in total. The van der Waals surface area contributed by atoms with Gasteiger partial charge in [-0.1, -0.05) is 19.0 Å². The van der Waals surface area contributed by atoms with Crippen LogP contribution in [-0.2, 0) is 14.4 Å². The van der Waals surface area contributed by atoms with E-state index in [0.717, 1.165) is 63.6 Å². The van der Waals surface area contributed by atoms with Crippen molar-refractivity contribution in [2.45, 2.75) is 71.6 Å². The number of nitrogens with zero attached hydrogens (tertiary/aromatic N) is 1. The first-order valence-corrected chi connectivity index (χ1v) is 12.0. The number of carbonyl (C=O) groups excluding carboxylic acids is 2. The van der Waals surface area contributed by atoms with Crippen LogP contribution in [0.5, 0.6) is 0 Å². The van der Waals surface area contributed by atoms with Crippen molar-refractivity contribution < 1.29 is 14.4 Å². The normalized spacial score (nSPS) is 42.9. The predicted octanol–water partition coefficient (Wildman–Crippen LogP) is 3.71. The lowest BCUT2D eigenvalue weighted by molar-refractivity contribution is -0.150. The Bertz CT molecular complexity index is 729. The number of ketones is 1. The summed E-state index contributed by atoms with van der Waals surface area (Å²) in [5.41, 5.74) is 6.98. The molecule has 4 saturated carbocycles. The van der Waals surface area contributed by atoms with E-state index in [0.29, 0.717) is 36.6 Å². The highest BCUT2D eigenvalue weighted by atomic mass is 35.5. The summed E-state index contributed by atoms with van der Waals surface area (Å²) in [6.07, 6.45) is 8.41. The number of nitrogens with one attached hydrogen (secondary N) is 1. The number of primary amides is 1. The van der Waals surface area contributed by atoms with Crippen LogP contribution in [0.15, 0.2) is 5.16 Å². The molecule has 4 aliphatic rings. The van der Waals surface area contributed by atoms with Crippen LogP contribution in [0.3, 0.4) is 0 Å². The quantitative estimate of drug-likeness (QED) is 0.473. The van der Waals surface area contributed by atoms with E-state index in [9.17, 15) is 9.59 Å². The minimum Gasteiger partial charge on any atom is -0.396 e. The van der Waals surface area contributed by atoms with E-state index in [4.69, 9.17) is 10.6 Å². The van der Waals surface area contributed by atoms with Crippen LogP contribution in [0.25, 0.3) is 0 Å². The standard InChI is InChI=1S/C24H39N3O3.ClH/c1-23-9-7-15(27-30-12-4-11-26-3)13-20(23)17(22(25)29)14-16-18-5-6-21(28)24(18,2)10-8-19(16)23;/h16-20,26H,4-14H2,1-3H3,(H2,25,29);1H/t16-,17-,18-,19-,20?,23+,24-;/m0./s1. The molecule has 4 aliphatic carbocycles. The van der Waals surface area contributed by atoms with Gasteiger partial charge in [-0.05, 0) is 94.0 Å². The van der Waals surface area contributed by atoms with Gasteiger partial charge in [-0.3, -0.25) is 9.59 Å². The summed E-state index contributed by atoms with van der Waals surface area (Å²) in [5.74, 6) is 1.86. The maximum atomic E-state index is 12.7. The number of fused-ring (bicyclic) bond motifs is 5. The maximum absolute atomic E-state index is 12.7. The van der Waals surface area contributed by atoms with Crippen LogP contribution in [0.1, 0.15) is 71.6 Å². The Balaban J connectivity index is 0.00000272. The number of amides is 1. The van der Waals surface area contributed by atoms with Crippen molar-refractivity contribution in [1.82, 2.24) is 5.32 Å². The molecular formula is C24H40ClN3O3. The molecule has 1 unspecified atom stereocenters. The van der Waals surface area contributed by atoms with Gasteiger partial charge in [-0.25, -0.2) is 0 Å². The third-order valence-corrected chi connectivity index (χ3v) is 9.48.